The number of anilines is 2. The van der Waals surface area contributed by atoms with Gasteiger partial charge < -0.3 is 11.1 Å². The summed E-state index contributed by atoms with van der Waals surface area (Å²) in [5, 5.41) is 17.9. The zero-order chi connectivity index (χ0) is 13.8. The van der Waals surface area contributed by atoms with Crippen molar-refractivity contribution in [3.05, 3.63) is 44.6 Å². The normalized spacial score (nSPS) is 12.1. The highest BCUT2D eigenvalue weighted by Gasteiger charge is 2.13. The number of hydrogen-bond acceptors (Lipinski definition) is 6. The molecular weight excluding hydrogens is 264 g/mol. The summed E-state index contributed by atoms with van der Waals surface area (Å²) in [4.78, 5) is 14.1. The van der Waals surface area contributed by atoms with Crippen molar-refractivity contribution in [1.82, 2.24) is 4.98 Å². The Balaban J connectivity index is 2.03. The third-order valence-corrected chi connectivity index (χ3v) is 3.35. The largest absolute Gasteiger partial charge is 0.378 e. The van der Waals surface area contributed by atoms with E-state index in [4.69, 9.17) is 5.73 Å². The van der Waals surface area contributed by atoms with E-state index in [-0.39, 0.29) is 17.5 Å². The Morgan fingerprint density at radius 3 is 2.89 bits per heavy atom. The molecule has 2 aromatic rings. The molecular formula is C12H14N4O2S. The predicted molar refractivity (Wildman–Crippen MR) is 76.4 cm³/mol. The summed E-state index contributed by atoms with van der Waals surface area (Å²) in [6.07, 6.45) is 0.863. The summed E-state index contributed by atoms with van der Waals surface area (Å²) in [5.41, 5.74) is 6.62. The number of nitrogens with two attached hydrogens (primary N) is 1. The van der Waals surface area contributed by atoms with Crippen molar-refractivity contribution in [2.24, 2.45) is 0 Å². The van der Waals surface area contributed by atoms with Crippen LogP contribution in [0.2, 0.25) is 0 Å². The molecule has 0 bridgehead atoms. The molecule has 19 heavy (non-hydrogen) atoms. The summed E-state index contributed by atoms with van der Waals surface area (Å²) in [6, 6.07) is 5.17. The Kier molecular flexibility index (Phi) is 3.96. The van der Waals surface area contributed by atoms with E-state index in [1.807, 2.05) is 12.3 Å². The van der Waals surface area contributed by atoms with Gasteiger partial charge in [-0.3, -0.25) is 10.1 Å². The van der Waals surface area contributed by atoms with Gasteiger partial charge in [-0.15, -0.1) is 0 Å². The molecule has 2 heterocycles. The third-order valence-electron chi connectivity index (χ3n) is 2.62. The minimum Gasteiger partial charge on any atom is -0.378 e. The third kappa shape index (κ3) is 3.41. The van der Waals surface area contributed by atoms with Gasteiger partial charge in [0.2, 0.25) is 5.82 Å². The van der Waals surface area contributed by atoms with Crippen LogP contribution in [0.3, 0.4) is 0 Å². The SMILES string of the molecule is CC(Cc1ccsc1)Nc1ccc([N+](=O)[O-])c(N)n1. The van der Waals surface area contributed by atoms with Crippen molar-refractivity contribution in [3.63, 3.8) is 0 Å². The maximum absolute atomic E-state index is 10.6. The van der Waals surface area contributed by atoms with Crippen molar-refractivity contribution in [2.75, 3.05) is 11.1 Å². The predicted octanol–water partition coefficient (Wildman–Crippen LogP) is 2.68. The van der Waals surface area contributed by atoms with Gasteiger partial charge in [-0.25, -0.2) is 4.98 Å². The van der Waals surface area contributed by atoms with Gasteiger partial charge in [-0.05, 0) is 41.8 Å². The van der Waals surface area contributed by atoms with Crippen LogP contribution < -0.4 is 11.1 Å². The van der Waals surface area contributed by atoms with E-state index in [0.29, 0.717) is 5.82 Å². The number of nitrogen functional groups attached to an aromatic ring is 1. The van der Waals surface area contributed by atoms with E-state index in [2.05, 4.69) is 21.7 Å². The monoisotopic (exact) mass is 278 g/mol. The Hall–Kier alpha value is -2.15. The van der Waals surface area contributed by atoms with Crippen LogP contribution in [0.1, 0.15) is 12.5 Å². The van der Waals surface area contributed by atoms with Crippen LogP contribution in [0.4, 0.5) is 17.3 Å². The average molecular weight is 278 g/mol. The molecule has 7 heteroatoms. The quantitative estimate of drug-likeness (QED) is 0.647. The van der Waals surface area contributed by atoms with E-state index in [1.165, 1.54) is 11.6 Å². The maximum atomic E-state index is 10.6. The van der Waals surface area contributed by atoms with Gasteiger partial charge in [0.1, 0.15) is 5.82 Å². The van der Waals surface area contributed by atoms with E-state index in [0.717, 1.165) is 6.42 Å². The van der Waals surface area contributed by atoms with Gasteiger partial charge in [0.15, 0.2) is 0 Å². The molecule has 0 spiro atoms. The highest BCUT2D eigenvalue weighted by molar-refractivity contribution is 7.07. The molecule has 0 aliphatic carbocycles. The number of hydrogen-bond donors (Lipinski definition) is 2. The second kappa shape index (κ2) is 5.66. The molecule has 0 aliphatic heterocycles. The van der Waals surface area contributed by atoms with Crippen LogP contribution >= 0.6 is 11.3 Å². The second-order valence-electron chi connectivity index (χ2n) is 4.24. The van der Waals surface area contributed by atoms with Crippen molar-refractivity contribution >= 4 is 28.7 Å². The zero-order valence-corrected chi connectivity index (χ0v) is 11.2. The zero-order valence-electron chi connectivity index (χ0n) is 10.4. The fourth-order valence-electron chi connectivity index (χ4n) is 1.77. The summed E-state index contributed by atoms with van der Waals surface area (Å²) >= 11 is 1.66. The molecule has 0 radical (unpaired) electrons. The van der Waals surface area contributed by atoms with Crippen LogP contribution in [-0.4, -0.2) is 15.9 Å². The number of nitrogens with zero attached hydrogens (tertiary/aromatic N) is 2. The molecule has 1 unspecified atom stereocenters. The van der Waals surface area contributed by atoms with Crippen LogP contribution in [0, 0.1) is 10.1 Å². The first-order valence-corrected chi connectivity index (χ1v) is 6.69. The number of nitrogens with one attached hydrogen (secondary N) is 1. The highest BCUT2D eigenvalue weighted by Crippen LogP contribution is 2.21. The first-order chi connectivity index (χ1) is 9.06. The molecule has 0 aliphatic rings. The molecule has 3 N–H and O–H groups in total. The Bertz CT molecular complexity index is 571. The lowest BCUT2D eigenvalue weighted by atomic mass is 10.1. The summed E-state index contributed by atoms with van der Waals surface area (Å²) in [6.45, 7) is 2.02. The standard InChI is InChI=1S/C12H14N4O2S/c1-8(6-9-4-5-19-7-9)14-11-3-2-10(16(17)18)12(13)15-11/h2-5,7-8H,6H2,1H3,(H3,13,14,15). The number of pyridine rings is 1. The van der Waals surface area contributed by atoms with E-state index < -0.39 is 4.92 Å². The molecule has 1 atom stereocenters. The van der Waals surface area contributed by atoms with Crippen molar-refractivity contribution in [2.45, 2.75) is 19.4 Å². The Morgan fingerprint density at radius 2 is 2.32 bits per heavy atom. The van der Waals surface area contributed by atoms with Crippen LogP contribution in [-0.2, 0) is 6.42 Å². The molecule has 100 valence electrons. The molecule has 0 saturated carbocycles. The molecule has 0 aromatic carbocycles. The number of thiophene rings is 1. The van der Waals surface area contributed by atoms with E-state index >= 15 is 0 Å². The van der Waals surface area contributed by atoms with Crippen molar-refractivity contribution < 1.29 is 4.92 Å². The molecule has 0 saturated heterocycles. The van der Waals surface area contributed by atoms with Gasteiger partial charge in [0, 0.05) is 12.1 Å². The van der Waals surface area contributed by atoms with Crippen molar-refractivity contribution in [1.29, 1.82) is 0 Å². The van der Waals surface area contributed by atoms with Crippen LogP contribution in [0.15, 0.2) is 29.0 Å². The van der Waals surface area contributed by atoms with E-state index in [1.54, 1.807) is 17.4 Å². The van der Waals surface area contributed by atoms with Gasteiger partial charge in [-0.2, -0.15) is 11.3 Å². The summed E-state index contributed by atoms with van der Waals surface area (Å²) in [7, 11) is 0. The van der Waals surface area contributed by atoms with Gasteiger partial charge in [-0.1, -0.05) is 0 Å². The average Bonchev–Trinajstić information content (AvgIpc) is 2.81. The Morgan fingerprint density at radius 1 is 1.53 bits per heavy atom. The lowest BCUT2D eigenvalue weighted by molar-refractivity contribution is -0.384. The topological polar surface area (TPSA) is 94.1 Å². The number of rotatable bonds is 5. The molecule has 0 fully saturated rings. The first-order valence-electron chi connectivity index (χ1n) is 5.75. The van der Waals surface area contributed by atoms with Gasteiger partial charge in [0.05, 0.1) is 4.92 Å². The maximum Gasteiger partial charge on any atom is 0.311 e. The van der Waals surface area contributed by atoms with E-state index in [9.17, 15) is 10.1 Å². The van der Waals surface area contributed by atoms with Crippen LogP contribution in [0.5, 0.6) is 0 Å². The lowest BCUT2D eigenvalue weighted by Gasteiger charge is -2.13. The highest BCUT2D eigenvalue weighted by atomic mass is 32.1. The lowest BCUT2D eigenvalue weighted by Crippen LogP contribution is -2.18. The van der Waals surface area contributed by atoms with Gasteiger partial charge >= 0.3 is 5.69 Å². The molecule has 0 amide bonds. The number of aromatic nitrogens is 1. The fraction of sp³-hybridized carbons (Fsp3) is 0.250. The second-order valence-corrected chi connectivity index (χ2v) is 5.02. The molecule has 6 nitrogen and oxygen atoms in total. The number of nitro groups is 1. The molecule has 2 rings (SSSR count). The minimum atomic E-state index is -0.541. The smallest absolute Gasteiger partial charge is 0.311 e. The van der Waals surface area contributed by atoms with Gasteiger partial charge in [0.25, 0.3) is 0 Å². The summed E-state index contributed by atoms with van der Waals surface area (Å²) < 4.78 is 0. The first kappa shape index (κ1) is 13.3. The minimum absolute atomic E-state index is 0.0715. The van der Waals surface area contributed by atoms with Crippen molar-refractivity contribution in [3.8, 4) is 0 Å². The fourth-order valence-corrected chi connectivity index (χ4v) is 2.45. The Labute approximate surface area is 114 Å². The summed E-state index contributed by atoms with van der Waals surface area (Å²) in [5.74, 6) is 0.476. The van der Waals surface area contributed by atoms with Crippen LogP contribution in [0.25, 0.3) is 0 Å². The molecule has 2 aromatic heterocycles.